The fourth-order valence-corrected chi connectivity index (χ4v) is 3.51. The van der Waals surface area contributed by atoms with Crippen molar-refractivity contribution in [2.45, 2.75) is 43.2 Å². The Bertz CT molecular complexity index is 653. The van der Waals surface area contributed by atoms with Gasteiger partial charge < -0.3 is 10.1 Å². The number of rotatable bonds is 5. The first-order chi connectivity index (χ1) is 9.75. The van der Waals surface area contributed by atoms with Gasteiger partial charge in [0.05, 0.1) is 11.5 Å². The summed E-state index contributed by atoms with van der Waals surface area (Å²) in [5.41, 5.74) is 0.517. The molecule has 0 aliphatic heterocycles. The van der Waals surface area contributed by atoms with Gasteiger partial charge in [-0.1, -0.05) is 6.07 Å². The minimum absolute atomic E-state index is 0.0857. The first kappa shape index (κ1) is 16.3. The molecule has 1 saturated carbocycles. The molecule has 1 N–H and O–H groups in total. The van der Waals surface area contributed by atoms with E-state index < -0.39 is 9.05 Å². The molecule has 0 radical (unpaired) electrons. The van der Waals surface area contributed by atoms with Crippen molar-refractivity contribution < 1.29 is 17.9 Å². The monoisotopic (exact) mass is 331 g/mol. The smallest absolute Gasteiger partial charge is 0.261 e. The van der Waals surface area contributed by atoms with Crippen LogP contribution in [0.15, 0.2) is 23.1 Å². The lowest BCUT2D eigenvalue weighted by atomic mass is 9.78. The van der Waals surface area contributed by atoms with Gasteiger partial charge in [0, 0.05) is 28.9 Å². The van der Waals surface area contributed by atoms with E-state index in [4.69, 9.17) is 15.4 Å². The number of hydrogen-bond acceptors (Lipinski definition) is 4. The Morgan fingerprint density at radius 1 is 1.43 bits per heavy atom. The maximum absolute atomic E-state index is 12.2. The van der Waals surface area contributed by atoms with Gasteiger partial charge in [-0.2, -0.15) is 0 Å². The summed E-state index contributed by atoms with van der Waals surface area (Å²) in [6.07, 6.45) is 2.95. The van der Waals surface area contributed by atoms with Crippen LogP contribution in [0.4, 0.5) is 0 Å². The topological polar surface area (TPSA) is 72.5 Å². The van der Waals surface area contributed by atoms with E-state index in [9.17, 15) is 13.2 Å². The van der Waals surface area contributed by atoms with Crippen LogP contribution in [0.2, 0.25) is 0 Å². The van der Waals surface area contributed by atoms with E-state index in [1.165, 1.54) is 13.2 Å². The summed E-state index contributed by atoms with van der Waals surface area (Å²) in [4.78, 5) is 12.1. The van der Waals surface area contributed by atoms with Crippen LogP contribution >= 0.6 is 10.7 Å². The lowest BCUT2D eigenvalue weighted by Crippen LogP contribution is -2.50. The van der Waals surface area contributed by atoms with Gasteiger partial charge >= 0.3 is 0 Å². The molecule has 1 fully saturated rings. The molecular weight excluding hydrogens is 314 g/mol. The zero-order chi connectivity index (χ0) is 15.7. The lowest BCUT2D eigenvalue weighted by molar-refractivity contribution is 0.0850. The van der Waals surface area contributed by atoms with Crippen LogP contribution in [0.25, 0.3) is 0 Å². The molecule has 1 aromatic carbocycles. The Morgan fingerprint density at radius 2 is 2.10 bits per heavy atom. The van der Waals surface area contributed by atoms with Crippen molar-refractivity contribution >= 4 is 25.6 Å². The van der Waals surface area contributed by atoms with Crippen LogP contribution in [-0.4, -0.2) is 27.0 Å². The van der Waals surface area contributed by atoms with Gasteiger partial charge in [-0.3, -0.25) is 4.79 Å². The molecule has 5 nitrogen and oxygen atoms in total. The molecule has 0 spiro atoms. The minimum atomic E-state index is -3.93. The molecule has 0 unspecified atom stereocenters. The first-order valence-electron chi connectivity index (χ1n) is 6.64. The summed E-state index contributed by atoms with van der Waals surface area (Å²) in [7, 11) is 2.96. The molecule has 7 heteroatoms. The summed E-state index contributed by atoms with van der Waals surface area (Å²) in [6.45, 7) is 2.09. The fraction of sp³-hybridized carbons (Fsp3) is 0.500. The molecule has 0 bridgehead atoms. The highest BCUT2D eigenvalue weighted by atomic mass is 35.7. The Morgan fingerprint density at radius 3 is 2.57 bits per heavy atom. The number of carbonyl (C=O) groups is 1. The van der Waals surface area contributed by atoms with Crippen molar-refractivity contribution in [1.82, 2.24) is 5.32 Å². The highest BCUT2D eigenvalue weighted by Gasteiger charge is 2.33. The summed E-state index contributed by atoms with van der Waals surface area (Å²) >= 11 is 0. The van der Waals surface area contributed by atoms with Crippen LogP contribution in [-0.2, 0) is 20.4 Å². The number of ether oxygens (including phenoxy) is 1. The number of hydrogen-bond donors (Lipinski definition) is 1. The van der Waals surface area contributed by atoms with Crippen LogP contribution in [0.3, 0.4) is 0 Å². The molecule has 0 heterocycles. The van der Waals surface area contributed by atoms with Gasteiger partial charge in [0.1, 0.15) is 0 Å². The number of methoxy groups -OCH3 is 1. The minimum Gasteiger partial charge on any atom is -0.380 e. The number of halogens is 1. The molecular formula is C14H18ClNO4S. The summed E-state index contributed by atoms with van der Waals surface area (Å²) in [5.74, 6) is -0.289. The molecule has 116 valence electrons. The molecule has 2 rings (SSSR count). The predicted octanol–water partition coefficient (Wildman–Crippen LogP) is 2.43. The third-order valence-electron chi connectivity index (χ3n) is 3.76. The van der Waals surface area contributed by atoms with E-state index in [1.54, 1.807) is 12.1 Å². The zero-order valence-electron chi connectivity index (χ0n) is 12.0. The molecule has 0 saturated heterocycles. The second-order valence-corrected chi connectivity index (χ2v) is 8.10. The second kappa shape index (κ2) is 5.94. The van der Waals surface area contributed by atoms with Gasteiger partial charge in [-0.05, 0) is 43.9 Å². The standard InChI is InChI=1S/C14H18ClNO4S/c1-14(6-3-7-14)16-13(17)10-4-5-11(9-20-2)12(8-10)21(15,18)19/h4-5,8H,3,6-7,9H2,1-2H3,(H,16,17). The lowest BCUT2D eigenvalue weighted by Gasteiger charge is -2.39. The van der Waals surface area contributed by atoms with E-state index >= 15 is 0 Å². The highest BCUT2D eigenvalue weighted by molar-refractivity contribution is 8.13. The Balaban J connectivity index is 2.31. The summed E-state index contributed by atoms with van der Waals surface area (Å²) < 4.78 is 28.2. The van der Waals surface area contributed by atoms with E-state index in [2.05, 4.69) is 5.32 Å². The van der Waals surface area contributed by atoms with E-state index in [1.807, 2.05) is 6.92 Å². The predicted molar refractivity (Wildman–Crippen MR) is 79.9 cm³/mol. The van der Waals surface area contributed by atoms with Crippen molar-refractivity contribution in [2.75, 3.05) is 7.11 Å². The van der Waals surface area contributed by atoms with Crippen molar-refractivity contribution in [3.8, 4) is 0 Å². The summed E-state index contributed by atoms with van der Waals surface area (Å²) in [6, 6.07) is 4.43. The van der Waals surface area contributed by atoms with Crippen molar-refractivity contribution in [2.24, 2.45) is 0 Å². The third kappa shape index (κ3) is 3.75. The maximum atomic E-state index is 12.2. The number of nitrogens with one attached hydrogen (secondary N) is 1. The normalized spacial score (nSPS) is 17.1. The molecule has 0 atom stereocenters. The van der Waals surface area contributed by atoms with Gasteiger partial charge in [-0.15, -0.1) is 0 Å². The summed E-state index contributed by atoms with van der Waals surface area (Å²) in [5, 5.41) is 2.93. The zero-order valence-corrected chi connectivity index (χ0v) is 13.6. The van der Waals surface area contributed by atoms with Gasteiger partial charge in [0.2, 0.25) is 0 Å². The third-order valence-corrected chi connectivity index (χ3v) is 5.17. The molecule has 1 aromatic rings. The van der Waals surface area contributed by atoms with Gasteiger partial charge in [-0.25, -0.2) is 8.42 Å². The first-order valence-corrected chi connectivity index (χ1v) is 8.95. The van der Waals surface area contributed by atoms with Crippen molar-refractivity contribution in [3.63, 3.8) is 0 Å². The second-order valence-electron chi connectivity index (χ2n) is 5.56. The molecule has 1 amide bonds. The highest BCUT2D eigenvalue weighted by Crippen LogP contribution is 2.31. The Kier molecular flexibility index (Phi) is 4.60. The number of carbonyl (C=O) groups excluding carboxylic acids is 1. The number of benzene rings is 1. The van der Waals surface area contributed by atoms with Crippen LogP contribution in [0.5, 0.6) is 0 Å². The molecule has 0 aromatic heterocycles. The van der Waals surface area contributed by atoms with Gasteiger partial charge in [0.15, 0.2) is 0 Å². The maximum Gasteiger partial charge on any atom is 0.261 e. The molecule has 1 aliphatic rings. The Labute approximate surface area is 129 Å². The Hall–Kier alpha value is -1.11. The molecule has 1 aliphatic carbocycles. The van der Waals surface area contributed by atoms with E-state index in [-0.39, 0.29) is 28.5 Å². The SMILES string of the molecule is COCc1ccc(C(=O)NC2(C)CCC2)cc1S(=O)(=O)Cl. The average Bonchev–Trinajstić information content (AvgIpc) is 2.36. The number of amides is 1. The van der Waals surface area contributed by atoms with Gasteiger partial charge in [0.25, 0.3) is 15.0 Å². The van der Waals surface area contributed by atoms with Crippen LogP contribution < -0.4 is 5.32 Å². The fourth-order valence-electron chi connectivity index (χ4n) is 2.38. The average molecular weight is 332 g/mol. The van der Waals surface area contributed by atoms with Crippen molar-refractivity contribution in [1.29, 1.82) is 0 Å². The van der Waals surface area contributed by atoms with Crippen LogP contribution in [0, 0.1) is 0 Å². The quantitative estimate of drug-likeness (QED) is 0.841. The van der Waals surface area contributed by atoms with Crippen molar-refractivity contribution in [3.05, 3.63) is 29.3 Å². The van der Waals surface area contributed by atoms with E-state index in [0.717, 1.165) is 19.3 Å². The largest absolute Gasteiger partial charge is 0.380 e. The molecule has 21 heavy (non-hydrogen) atoms. The van der Waals surface area contributed by atoms with Crippen LogP contribution in [0.1, 0.15) is 42.1 Å². The van der Waals surface area contributed by atoms with E-state index in [0.29, 0.717) is 5.56 Å².